The molecular formula is C20H26Cl2N4O2. The molecule has 0 saturated heterocycles. The molecule has 6 nitrogen and oxygen atoms in total. The van der Waals surface area contributed by atoms with Gasteiger partial charge in [0.1, 0.15) is 11.6 Å². The van der Waals surface area contributed by atoms with Crippen LogP contribution in [0.3, 0.4) is 0 Å². The number of nitrogens with one attached hydrogen (secondary N) is 3. The van der Waals surface area contributed by atoms with Gasteiger partial charge in [0.25, 0.3) is 5.91 Å². The third kappa shape index (κ3) is 6.71. The SMILES string of the molecule is CCOc1ccc(Nc2ncccc2C(=O)NCC2=CCNCC2)cc1.Cl.Cl. The van der Waals surface area contributed by atoms with Gasteiger partial charge in [-0.25, -0.2) is 4.98 Å². The maximum Gasteiger partial charge on any atom is 0.255 e. The number of anilines is 2. The summed E-state index contributed by atoms with van der Waals surface area (Å²) in [5.41, 5.74) is 2.63. The van der Waals surface area contributed by atoms with E-state index < -0.39 is 0 Å². The number of carbonyl (C=O) groups excluding carboxylic acids is 1. The van der Waals surface area contributed by atoms with Crippen molar-refractivity contribution in [1.82, 2.24) is 15.6 Å². The normalized spacial score (nSPS) is 12.7. The molecule has 1 aliphatic heterocycles. The van der Waals surface area contributed by atoms with Crippen LogP contribution in [0.25, 0.3) is 0 Å². The Balaban J connectivity index is 0.00000196. The van der Waals surface area contributed by atoms with E-state index in [1.807, 2.05) is 31.2 Å². The lowest BCUT2D eigenvalue weighted by atomic mass is 10.1. The van der Waals surface area contributed by atoms with Gasteiger partial charge < -0.3 is 20.7 Å². The first-order valence-corrected chi connectivity index (χ1v) is 8.88. The fourth-order valence-corrected chi connectivity index (χ4v) is 2.75. The zero-order valence-corrected chi connectivity index (χ0v) is 17.4. The summed E-state index contributed by atoms with van der Waals surface area (Å²) in [7, 11) is 0. The number of hydrogen-bond donors (Lipinski definition) is 3. The molecule has 1 amide bonds. The van der Waals surface area contributed by atoms with Crippen molar-refractivity contribution in [2.24, 2.45) is 0 Å². The van der Waals surface area contributed by atoms with E-state index in [0.717, 1.165) is 30.9 Å². The number of rotatable bonds is 7. The van der Waals surface area contributed by atoms with Gasteiger partial charge in [-0.1, -0.05) is 11.6 Å². The first-order chi connectivity index (χ1) is 12.8. The fourth-order valence-electron chi connectivity index (χ4n) is 2.75. The van der Waals surface area contributed by atoms with Crippen LogP contribution in [0.5, 0.6) is 5.75 Å². The third-order valence-corrected chi connectivity index (χ3v) is 4.11. The van der Waals surface area contributed by atoms with Crippen LogP contribution in [0.1, 0.15) is 23.7 Å². The second-order valence-corrected chi connectivity index (χ2v) is 5.98. The predicted molar refractivity (Wildman–Crippen MR) is 118 cm³/mol. The molecule has 3 N–H and O–H groups in total. The molecule has 0 fully saturated rings. The topological polar surface area (TPSA) is 75.3 Å². The van der Waals surface area contributed by atoms with Gasteiger partial charge in [0.2, 0.25) is 0 Å². The van der Waals surface area contributed by atoms with Gasteiger partial charge in [-0.05, 0) is 56.3 Å². The smallest absolute Gasteiger partial charge is 0.255 e. The molecule has 2 aromatic rings. The lowest BCUT2D eigenvalue weighted by Gasteiger charge is -2.15. The minimum absolute atomic E-state index is 0. The number of hydrogen-bond acceptors (Lipinski definition) is 5. The minimum atomic E-state index is -0.133. The molecule has 0 atom stereocenters. The molecule has 1 aliphatic rings. The molecule has 28 heavy (non-hydrogen) atoms. The van der Waals surface area contributed by atoms with Crippen LogP contribution in [0.2, 0.25) is 0 Å². The first-order valence-electron chi connectivity index (χ1n) is 8.88. The van der Waals surface area contributed by atoms with Crippen molar-refractivity contribution in [3.8, 4) is 5.75 Å². The molecule has 1 aromatic carbocycles. The molecule has 0 spiro atoms. The van der Waals surface area contributed by atoms with Crippen molar-refractivity contribution in [2.45, 2.75) is 13.3 Å². The molecular weight excluding hydrogens is 399 g/mol. The van der Waals surface area contributed by atoms with E-state index in [4.69, 9.17) is 4.74 Å². The van der Waals surface area contributed by atoms with Crippen molar-refractivity contribution in [3.05, 3.63) is 59.8 Å². The van der Waals surface area contributed by atoms with Crippen molar-refractivity contribution in [1.29, 1.82) is 0 Å². The molecule has 0 saturated carbocycles. The number of benzene rings is 1. The van der Waals surface area contributed by atoms with E-state index in [9.17, 15) is 4.79 Å². The summed E-state index contributed by atoms with van der Waals surface area (Å²) in [5.74, 6) is 1.21. The summed E-state index contributed by atoms with van der Waals surface area (Å²) in [6.45, 7) is 4.97. The highest BCUT2D eigenvalue weighted by Crippen LogP contribution is 2.21. The third-order valence-electron chi connectivity index (χ3n) is 4.11. The predicted octanol–water partition coefficient (Wildman–Crippen LogP) is 3.72. The van der Waals surface area contributed by atoms with E-state index >= 15 is 0 Å². The number of halogens is 2. The van der Waals surface area contributed by atoms with Crippen LogP contribution in [0.15, 0.2) is 54.2 Å². The molecule has 152 valence electrons. The van der Waals surface area contributed by atoms with Gasteiger partial charge in [0.05, 0.1) is 12.2 Å². The van der Waals surface area contributed by atoms with Crippen LogP contribution < -0.4 is 20.7 Å². The molecule has 0 bridgehead atoms. The molecule has 0 unspecified atom stereocenters. The average Bonchev–Trinajstić information content (AvgIpc) is 2.69. The molecule has 2 heterocycles. The highest BCUT2D eigenvalue weighted by atomic mass is 35.5. The maximum absolute atomic E-state index is 12.6. The fraction of sp³-hybridized carbons (Fsp3) is 0.300. The Kier molecular flexibility index (Phi) is 10.4. The average molecular weight is 425 g/mol. The Morgan fingerprint density at radius 3 is 2.68 bits per heavy atom. The van der Waals surface area contributed by atoms with Crippen molar-refractivity contribution in [3.63, 3.8) is 0 Å². The Morgan fingerprint density at radius 1 is 1.21 bits per heavy atom. The lowest BCUT2D eigenvalue weighted by molar-refractivity contribution is 0.0957. The standard InChI is InChI=1S/C20H24N4O2.2ClH/c1-2-26-17-7-5-16(6-8-17)24-19-18(4-3-11-22-19)20(25)23-14-15-9-12-21-13-10-15;;/h3-9,11,21H,2,10,12-14H2,1H3,(H,22,24)(H,23,25);2*1H. The van der Waals surface area contributed by atoms with Crippen molar-refractivity contribution in [2.75, 3.05) is 31.6 Å². The quantitative estimate of drug-likeness (QED) is 0.590. The van der Waals surface area contributed by atoms with Crippen LogP contribution in [0, 0.1) is 0 Å². The van der Waals surface area contributed by atoms with Crippen LogP contribution in [-0.4, -0.2) is 37.1 Å². The van der Waals surface area contributed by atoms with Gasteiger partial charge in [-0.3, -0.25) is 4.79 Å². The lowest BCUT2D eigenvalue weighted by Crippen LogP contribution is -2.30. The van der Waals surface area contributed by atoms with Crippen LogP contribution in [-0.2, 0) is 0 Å². The zero-order valence-electron chi connectivity index (χ0n) is 15.7. The number of aromatic nitrogens is 1. The Morgan fingerprint density at radius 2 is 2.00 bits per heavy atom. The number of pyridine rings is 1. The molecule has 3 rings (SSSR count). The monoisotopic (exact) mass is 424 g/mol. The van der Waals surface area contributed by atoms with Gasteiger partial charge >= 0.3 is 0 Å². The van der Waals surface area contributed by atoms with Gasteiger partial charge in [-0.2, -0.15) is 0 Å². The van der Waals surface area contributed by atoms with E-state index in [1.165, 1.54) is 5.57 Å². The van der Waals surface area contributed by atoms with E-state index in [-0.39, 0.29) is 30.7 Å². The number of amides is 1. The minimum Gasteiger partial charge on any atom is -0.494 e. The first kappa shape index (κ1) is 23.8. The second-order valence-electron chi connectivity index (χ2n) is 5.98. The number of nitrogens with zero attached hydrogens (tertiary/aromatic N) is 1. The summed E-state index contributed by atoms with van der Waals surface area (Å²) < 4.78 is 5.45. The summed E-state index contributed by atoms with van der Waals surface area (Å²) >= 11 is 0. The number of ether oxygens (including phenoxy) is 1. The second kappa shape index (κ2) is 12.2. The number of carbonyl (C=O) groups is 1. The highest BCUT2D eigenvalue weighted by molar-refractivity contribution is 5.99. The van der Waals surface area contributed by atoms with E-state index in [1.54, 1.807) is 18.3 Å². The Hall–Kier alpha value is -2.28. The maximum atomic E-state index is 12.6. The van der Waals surface area contributed by atoms with Gasteiger partial charge in [0.15, 0.2) is 0 Å². The zero-order chi connectivity index (χ0) is 18.2. The van der Waals surface area contributed by atoms with Gasteiger partial charge in [0, 0.05) is 25.0 Å². The van der Waals surface area contributed by atoms with E-state index in [2.05, 4.69) is 27.0 Å². The summed E-state index contributed by atoms with van der Waals surface area (Å²) in [6, 6.07) is 11.1. The van der Waals surface area contributed by atoms with Crippen molar-refractivity contribution < 1.29 is 9.53 Å². The molecule has 1 aromatic heterocycles. The summed E-state index contributed by atoms with van der Waals surface area (Å²) in [5, 5.41) is 9.46. The summed E-state index contributed by atoms with van der Waals surface area (Å²) in [4.78, 5) is 16.9. The highest BCUT2D eigenvalue weighted by Gasteiger charge is 2.13. The van der Waals surface area contributed by atoms with Crippen LogP contribution >= 0.6 is 24.8 Å². The summed E-state index contributed by atoms with van der Waals surface area (Å²) in [6.07, 6.45) is 4.76. The molecule has 0 aliphatic carbocycles. The Labute approximate surface area is 178 Å². The van der Waals surface area contributed by atoms with E-state index in [0.29, 0.717) is 24.5 Å². The molecule has 0 radical (unpaired) electrons. The Bertz CT molecular complexity index is 782. The molecule has 8 heteroatoms. The van der Waals surface area contributed by atoms with Gasteiger partial charge in [-0.15, -0.1) is 24.8 Å². The van der Waals surface area contributed by atoms with Crippen LogP contribution in [0.4, 0.5) is 11.5 Å². The largest absolute Gasteiger partial charge is 0.494 e. The van der Waals surface area contributed by atoms with Crippen molar-refractivity contribution >= 4 is 42.2 Å².